The first-order chi connectivity index (χ1) is 14.4. The molecule has 0 amide bonds. The van der Waals surface area contributed by atoms with Gasteiger partial charge in [-0.15, -0.1) is 0 Å². The van der Waals surface area contributed by atoms with Crippen molar-refractivity contribution in [2.75, 3.05) is 52.5 Å². The van der Waals surface area contributed by atoms with Crippen LogP contribution in [0, 0.1) is 5.92 Å². The number of hydroxylamine groups is 1. The Labute approximate surface area is 175 Å². The highest BCUT2D eigenvalue weighted by molar-refractivity contribution is 4.84. The Morgan fingerprint density at radius 2 is 1.97 bits per heavy atom. The van der Waals surface area contributed by atoms with Gasteiger partial charge in [-0.2, -0.15) is 5.48 Å². The lowest BCUT2D eigenvalue weighted by Crippen LogP contribution is -3.16. The van der Waals surface area contributed by atoms with E-state index in [0.717, 1.165) is 26.3 Å². The quantitative estimate of drug-likeness (QED) is 0.347. The second kappa shape index (κ2) is 9.87. The van der Waals surface area contributed by atoms with Crippen LogP contribution in [0.5, 0.6) is 0 Å². The molecular formula is C21H42N6O2+2. The number of nitrogens with one attached hydrogen (secondary N) is 4. The molecular weight excluding hydrogens is 368 g/mol. The third-order valence-corrected chi connectivity index (χ3v) is 8.02. The van der Waals surface area contributed by atoms with E-state index in [1.807, 2.05) is 0 Å². The molecule has 0 aromatic heterocycles. The minimum Gasteiger partial charge on any atom is -0.379 e. The van der Waals surface area contributed by atoms with Crippen LogP contribution in [0.15, 0.2) is 0 Å². The summed E-state index contributed by atoms with van der Waals surface area (Å²) in [6, 6.07) is 1.29. The molecule has 8 nitrogen and oxygen atoms in total. The monoisotopic (exact) mass is 410 g/mol. The van der Waals surface area contributed by atoms with Gasteiger partial charge >= 0.3 is 0 Å². The van der Waals surface area contributed by atoms with Gasteiger partial charge in [0.2, 0.25) is 0 Å². The van der Waals surface area contributed by atoms with Gasteiger partial charge in [-0.05, 0) is 25.8 Å². The molecule has 5 rings (SSSR count). The number of piperidine rings is 2. The molecule has 0 bridgehead atoms. The van der Waals surface area contributed by atoms with Crippen molar-refractivity contribution in [3.63, 3.8) is 0 Å². The summed E-state index contributed by atoms with van der Waals surface area (Å²) >= 11 is 0. The van der Waals surface area contributed by atoms with Crippen LogP contribution in [0.25, 0.3) is 0 Å². The van der Waals surface area contributed by atoms with Crippen molar-refractivity contribution in [3.8, 4) is 0 Å². The molecule has 29 heavy (non-hydrogen) atoms. The van der Waals surface area contributed by atoms with Crippen LogP contribution in [0.2, 0.25) is 0 Å². The Bertz CT molecular complexity index is 505. The predicted octanol–water partition coefficient (Wildman–Crippen LogP) is -2.42. The van der Waals surface area contributed by atoms with E-state index in [0.29, 0.717) is 30.3 Å². The second-order valence-corrected chi connectivity index (χ2v) is 9.83. The lowest BCUT2D eigenvalue weighted by molar-refractivity contribution is -0.917. The van der Waals surface area contributed by atoms with Crippen molar-refractivity contribution in [1.29, 1.82) is 0 Å². The van der Waals surface area contributed by atoms with Gasteiger partial charge in [-0.25, -0.2) is 4.90 Å². The molecule has 5 aliphatic heterocycles. The molecule has 5 aliphatic rings. The van der Waals surface area contributed by atoms with Crippen LogP contribution in [0.3, 0.4) is 0 Å². The number of nitrogens with two attached hydrogens (primary N) is 1. The van der Waals surface area contributed by atoms with E-state index in [-0.39, 0.29) is 6.23 Å². The lowest BCUT2D eigenvalue weighted by atomic mass is 9.94. The maximum Gasteiger partial charge on any atom is 0.183 e. The van der Waals surface area contributed by atoms with Gasteiger partial charge in [-0.1, -0.05) is 6.42 Å². The Morgan fingerprint density at radius 1 is 1.03 bits per heavy atom. The average molecular weight is 411 g/mol. The zero-order valence-corrected chi connectivity index (χ0v) is 17.9. The average Bonchev–Trinajstić information content (AvgIpc) is 3.45. The van der Waals surface area contributed by atoms with Crippen molar-refractivity contribution < 1.29 is 19.8 Å². The highest BCUT2D eigenvalue weighted by Crippen LogP contribution is 2.20. The standard InChI is InChI=1S/C21H40N6O2/c1-2-8-22-17(4-1)15-27-9-3-5-18(27)21-24-20(25-29-21)16-6-7-19(23-14-16)26-10-12-28-13-11-26/h16-25H,1-15H2/p+2. The Balaban J connectivity index is 1.09. The molecule has 166 valence electrons. The summed E-state index contributed by atoms with van der Waals surface area (Å²) in [5.41, 5.74) is 3.38. The number of likely N-dealkylation sites (tertiary alicyclic amines) is 1. The van der Waals surface area contributed by atoms with Crippen molar-refractivity contribution >= 4 is 0 Å². The first-order valence-corrected chi connectivity index (χ1v) is 12.3. The summed E-state index contributed by atoms with van der Waals surface area (Å²) in [5.74, 6) is 0.641. The Hall–Kier alpha value is -0.320. The van der Waals surface area contributed by atoms with Gasteiger partial charge in [-0.3, -0.25) is 10.2 Å². The fraction of sp³-hybridized carbons (Fsp3) is 1.00. The van der Waals surface area contributed by atoms with Crippen LogP contribution in [-0.4, -0.2) is 88.0 Å². The molecule has 0 aromatic rings. The van der Waals surface area contributed by atoms with E-state index >= 15 is 0 Å². The summed E-state index contributed by atoms with van der Waals surface area (Å²) in [4.78, 5) is 10.5. The van der Waals surface area contributed by atoms with Crippen molar-refractivity contribution in [2.45, 2.75) is 75.6 Å². The number of rotatable bonds is 5. The summed E-state index contributed by atoms with van der Waals surface area (Å²) in [6.07, 6.45) is 10.3. The van der Waals surface area contributed by atoms with E-state index in [4.69, 9.17) is 9.57 Å². The minimum absolute atomic E-state index is 0.165. The molecule has 8 heteroatoms. The van der Waals surface area contributed by atoms with Gasteiger partial charge in [0.15, 0.2) is 6.23 Å². The number of ether oxygens (including phenoxy) is 1. The predicted molar refractivity (Wildman–Crippen MR) is 110 cm³/mol. The van der Waals surface area contributed by atoms with E-state index < -0.39 is 0 Å². The highest BCUT2D eigenvalue weighted by atomic mass is 16.7. The third kappa shape index (κ3) is 4.96. The Morgan fingerprint density at radius 3 is 2.76 bits per heavy atom. The molecule has 0 radical (unpaired) electrons. The van der Waals surface area contributed by atoms with Crippen molar-refractivity contribution in [2.24, 2.45) is 5.92 Å². The van der Waals surface area contributed by atoms with Crippen LogP contribution in [0.1, 0.15) is 44.9 Å². The summed E-state index contributed by atoms with van der Waals surface area (Å²) in [6.45, 7) is 8.91. The molecule has 0 saturated carbocycles. The fourth-order valence-electron chi connectivity index (χ4n) is 6.29. The smallest absolute Gasteiger partial charge is 0.183 e. The SMILES string of the molecule is C1CCC(C[NH+]2CCCC2C2NC(C3CCC(N4CCOCC4)[NH2+]C3)NO2)NC1. The van der Waals surface area contributed by atoms with E-state index in [1.54, 1.807) is 4.90 Å². The van der Waals surface area contributed by atoms with Gasteiger partial charge in [0, 0.05) is 38.3 Å². The molecule has 0 aliphatic carbocycles. The first-order valence-electron chi connectivity index (χ1n) is 12.3. The molecule has 7 unspecified atom stereocenters. The number of quaternary nitrogens is 2. The molecule has 0 aromatic carbocycles. The van der Waals surface area contributed by atoms with Crippen molar-refractivity contribution in [1.82, 2.24) is 21.0 Å². The lowest BCUT2D eigenvalue weighted by Gasteiger charge is -2.37. The van der Waals surface area contributed by atoms with Crippen LogP contribution < -0.4 is 26.3 Å². The van der Waals surface area contributed by atoms with Gasteiger partial charge in [0.1, 0.15) is 12.2 Å². The topological polar surface area (TPSA) is 78.8 Å². The number of hydrogen-bond acceptors (Lipinski definition) is 6. The summed E-state index contributed by atoms with van der Waals surface area (Å²) in [7, 11) is 0. The second-order valence-electron chi connectivity index (χ2n) is 9.83. The zero-order chi connectivity index (χ0) is 19.5. The minimum atomic E-state index is 0.165. The third-order valence-electron chi connectivity index (χ3n) is 8.02. The molecule has 0 spiro atoms. The van der Waals surface area contributed by atoms with Crippen LogP contribution in [0.4, 0.5) is 0 Å². The highest BCUT2D eigenvalue weighted by Gasteiger charge is 2.44. The zero-order valence-electron chi connectivity index (χ0n) is 17.9. The maximum absolute atomic E-state index is 6.12. The van der Waals surface area contributed by atoms with Crippen LogP contribution in [-0.2, 0) is 9.57 Å². The maximum atomic E-state index is 6.12. The largest absolute Gasteiger partial charge is 0.379 e. The summed E-state index contributed by atoms with van der Waals surface area (Å²) < 4.78 is 5.51. The van der Waals surface area contributed by atoms with E-state index in [2.05, 4.69) is 26.3 Å². The van der Waals surface area contributed by atoms with E-state index in [1.165, 1.54) is 71.1 Å². The van der Waals surface area contributed by atoms with Gasteiger partial charge in [0.25, 0.3) is 0 Å². The molecule has 5 saturated heterocycles. The molecule has 5 heterocycles. The van der Waals surface area contributed by atoms with Gasteiger partial charge in [0.05, 0.1) is 45.1 Å². The molecule has 5 fully saturated rings. The molecule has 7 atom stereocenters. The van der Waals surface area contributed by atoms with Crippen LogP contribution >= 0.6 is 0 Å². The summed E-state index contributed by atoms with van der Waals surface area (Å²) in [5, 5.41) is 10.1. The Kier molecular flexibility index (Phi) is 7.00. The van der Waals surface area contributed by atoms with Gasteiger partial charge < -0.3 is 20.3 Å². The van der Waals surface area contributed by atoms with Crippen molar-refractivity contribution in [3.05, 3.63) is 0 Å². The number of morpholine rings is 1. The normalized spacial score (nSPS) is 44.9. The van der Waals surface area contributed by atoms with E-state index in [9.17, 15) is 0 Å². The molecule has 6 N–H and O–H groups in total. The number of hydrogen-bond donors (Lipinski definition) is 5. The number of nitrogens with zero attached hydrogens (tertiary/aromatic N) is 1. The first kappa shape index (κ1) is 20.6. The fourth-order valence-corrected chi connectivity index (χ4v) is 6.29.